The third-order valence-electron chi connectivity index (χ3n) is 7.77. The first-order chi connectivity index (χ1) is 19.2. The van der Waals surface area contributed by atoms with E-state index in [0.717, 1.165) is 13.1 Å². The molecule has 0 saturated carbocycles. The molecule has 3 aromatic rings. The van der Waals surface area contributed by atoms with E-state index in [1.807, 2.05) is 7.05 Å². The van der Waals surface area contributed by atoms with Crippen LogP contribution < -0.4 is 14.9 Å². The van der Waals surface area contributed by atoms with Crippen LogP contribution in [0.25, 0.3) is 0 Å². The molecular weight excluding hydrogens is 553 g/mol. The Morgan fingerprint density at radius 1 is 0.927 bits per heavy atom. The van der Waals surface area contributed by atoms with Crippen LogP contribution in [0.4, 0.5) is 42.0 Å². The van der Waals surface area contributed by atoms with Gasteiger partial charge in [0.15, 0.2) is 0 Å². The molecular formula is C29H35F3N6O2S. The lowest BCUT2D eigenvalue weighted by atomic mass is 9.88. The zero-order chi connectivity index (χ0) is 29.7. The van der Waals surface area contributed by atoms with Gasteiger partial charge in [-0.1, -0.05) is 0 Å². The number of nitrogens with zero attached hydrogens (tertiary/aromatic N) is 4. The third kappa shape index (κ3) is 5.72. The zero-order valence-electron chi connectivity index (χ0n) is 23.9. The lowest BCUT2D eigenvalue weighted by Gasteiger charge is -2.29. The minimum Gasteiger partial charge on any atom is -0.340 e. The topological polar surface area (TPSA) is 90.5 Å². The second kappa shape index (κ2) is 10.8. The van der Waals surface area contributed by atoms with E-state index in [2.05, 4.69) is 25.5 Å². The zero-order valence-corrected chi connectivity index (χ0v) is 24.7. The number of rotatable bonds is 6. The van der Waals surface area contributed by atoms with E-state index < -0.39 is 32.2 Å². The molecule has 0 amide bonds. The van der Waals surface area contributed by atoms with Crippen molar-refractivity contribution in [3.63, 3.8) is 0 Å². The Kier molecular flexibility index (Phi) is 7.66. The summed E-state index contributed by atoms with van der Waals surface area (Å²) in [6.07, 6.45) is 3.19. The molecule has 1 aromatic heterocycles. The minimum absolute atomic E-state index is 0.0857. The Labute approximate surface area is 239 Å². The molecule has 41 heavy (non-hydrogen) atoms. The second-order valence-corrected chi connectivity index (χ2v) is 14.4. The maximum atomic E-state index is 15.1. The molecule has 220 valence electrons. The molecule has 0 atom stereocenters. The van der Waals surface area contributed by atoms with E-state index in [0.29, 0.717) is 41.2 Å². The van der Waals surface area contributed by atoms with Crippen LogP contribution in [0.2, 0.25) is 0 Å². The summed E-state index contributed by atoms with van der Waals surface area (Å²) in [5.41, 5.74) is 1.85. The molecule has 3 heterocycles. The van der Waals surface area contributed by atoms with Crippen LogP contribution in [0, 0.1) is 24.4 Å². The van der Waals surface area contributed by atoms with Crippen LogP contribution in [0.5, 0.6) is 0 Å². The molecule has 2 N–H and O–H groups in total. The van der Waals surface area contributed by atoms with Crippen molar-refractivity contribution in [1.29, 1.82) is 0 Å². The standard InChI is InChI=1S/C29H35F3N6O2S/c1-17-16-33-28(35-19-13-23(31)26(24(32)14-19)18-6-9-37(5)10-7-18)36-27(17)34-20-12-22(30)21-8-11-38(25(21)15-20)41(39,40)29(2,3)4/h12-16,18H,6-11H2,1-5H3,(H2,33,34,35,36). The van der Waals surface area contributed by atoms with E-state index in [-0.39, 0.29) is 36.1 Å². The van der Waals surface area contributed by atoms with Gasteiger partial charge in [0, 0.05) is 40.8 Å². The molecule has 0 unspecified atom stereocenters. The summed E-state index contributed by atoms with van der Waals surface area (Å²) >= 11 is 0. The first-order valence-electron chi connectivity index (χ1n) is 13.6. The predicted molar refractivity (Wildman–Crippen MR) is 155 cm³/mol. The number of aryl methyl sites for hydroxylation is 1. The number of hydrogen-bond donors (Lipinski definition) is 2. The van der Waals surface area contributed by atoms with Crippen LogP contribution in [0.3, 0.4) is 0 Å². The summed E-state index contributed by atoms with van der Waals surface area (Å²) in [4.78, 5) is 10.8. The fraction of sp³-hybridized carbons (Fsp3) is 0.448. The van der Waals surface area contributed by atoms with Gasteiger partial charge in [0.1, 0.15) is 23.3 Å². The van der Waals surface area contributed by atoms with Crippen molar-refractivity contribution in [2.45, 2.75) is 57.6 Å². The van der Waals surface area contributed by atoms with Crippen molar-refractivity contribution in [3.8, 4) is 0 Å². The number of halogens is 3. The lowest BCUT2D eigenvalue weighted by Crippen LogP contribution is -2.42. The number of benzene rings is 2. The van der Waals surface area contributed by atoms with Crippen LogP contribution in [-0.4, -0.2) is 54.7 Å². The van der Waals surface area contributed by atoms with Gasteiger partial charge in [-0.05, 0) is 97.3 Å². The monoisotopic (exact) mass is 588 g/mol. The number of piperidine rings is 1. The van der Waals surface area contributed by atoms with E-state index in [4.69, 9.17) is 0 Å². The Morgan fingerprint density at radius 3 is 2.17 bits per heavy atom. The van der Waals surface area contributed by atoms with Gasteiger partial charge in [-0.3, -0.25) is 4.31 Å². The van der Waals surface area contributed by atoms with Crippen LogP contribution >= 0.6 is 0 Å². The van der Waals surface area contributed by atoms with Gasteiger partial charge in [0.05, 0.1) is 10.4 Å². The smallest absolute Gasteiger partial charge is 0.240 e. The largest absolute Gasteiger partial charge is 0.340 e. The van der Waals surface area contributed by atoms with Crippen molar-refractivity contribution in [2.75, 3.05) is 41.6 Å². The van der Waals surface area contributed by atoms with Gasteiger partial charge in [-0.2, -0.15) is 4.98 Å². The molecule has 1 fully saturated rings. The molecule has 2 aromatic carbocycles. The normalized spacial score (nSPS) is 16.6. The van der Waals surface area contributed by atoms with Gasteiger partial charge in [-0.15, -0.1) is 0 Å². The Bertz CT molecular complexity index is 1560. The SMILES string of the molecule is Cc1cnc(Nc2cc(F)c(C3CCN(C)CC3)c(F)c2)nc1Nc1cc(F)c2c(c1)N(S(=O)(=O)C(C)(C)C)CC2. The summed E-state index contributed by atoms with van der Waals surface area (Å²) < 4.78 is 71.6. The molecule has 2 aliphatic rings. The van der Waals surface area contributed by atoms with Crippen LogP contribution in [0.15, 0.2) is 30.5 Å². The number of aromatic nitrogens is 2. The average Bonchev–Trinajstić information content (AvgIpc) is 3.31. The number of likely N-dealkylation sites (tertiary alicyclic amines) is 1. The maximum Gasteiger partial charge on any atom is 0.240 e. The van der Waals surface area contributed by atoms with Gasteiger partial charge < -0.3 is 15.5 Å². The van der Waals surface area contributed by atoms with Crippen molar-refractivity contribution >= 4 is 38.9 Å². The third-order valence-corrected chi connectivity index (χ3v) is 10.3. The van der Waals surface area contributed by atoms with E-state index in [9.17, 15) is 8.42 Å². The second-order valence-electron chi connectivity index (χ2n) is 11.8. The summed E-state index contributed by atoms with van der Waals surface area (Å²) in [5.74, 6) is -1.51. The molecule has 0 radical (unpaired) electrons. The highest BCUT2D eigenvalue weighted by Crippen LogP contribution is 2.39. The summed E-state index contributed by atoms with van der Waals surface area (Å²) in [5, 5.41) is 5.91. The highest BCUT2D eigenvalue weighted by Gasteiger charge is 2.39. The molecule has 0 bridgehead atoms. The number of nitrogens with one attached hydrogen (secondary N) is 2. The van der Waals surface area contributed by atoms with Crippen LogP contribution in [-0.2, 0) is 16.4 Å². The lowest BCUT2D eigenvalue weighted by molar-refractivity contribution is 0.250. The minimum atomic E-state index is -3.73. The van der Waals surface area contributed by atoms with Crippen LogP contribution in [0.1, 0.15) is 56.2 Å². The first kappa shape index (κ1) is 29.1. The number of sulfonamides is 1. The van der Waals surface area contributed by atoms with Gasteiger partial charge in [-0.25, -0.2) is 26.6 Å². The molecule has 0 aliphatic carbocycles. The summed E-state index contributed by atoms with van der Waals surface area (Å²) in [6.45, 7) is 8.32. The Morgan fingerprint density at radius 2 is 1.54 bits per heavy atom. The quantitative estimate of drug-likeness (QED) is 0.366. The Balaban J connectivity index is 1.39. The fourth-order valence-electron chi connectivity index (χ4n) is 5.32. The molecule has 8 nitrogen and oxygen atoms in total. The van der Waals surface area contributed by atoms with E-state index >= 15 is 13.2 Å². The molecule has 2 aliphatic heterocycles. The highest BCUT2D eigenvalue weighted by atomic mass is 32.2. The maximum absolute atomic E-state index is 15.1. The summed E-state index contributed by atoms with van der Waals surface area (Å²) in [6, 6.07) is 5.38. The van der Waals surface area contributed by atoms with Crippen molar-refractivity contribution < 1.29 is 21.6 Å². The average molecular weight is 589 g/mol. The Hall–Kier alpha value is -3.38. The molecule has 1 saturated heterocycles. The molecule has 5 rings (SSSR count). The van der Waals surface area contributed by atoms with Crippen molar-refractivity contribution in [3.05, 3.63) is 64.6 Å². The fourth-order valence-corrected chi connectivity index (χ4v) is 6.73. The molecule has 12 heteroatoms. The first-order valence-corrected chi connectivity index (χ1v) is 15.1. The highest BCUT2D eigenvalue weighted by molar-refractivity contribution is 7.94. The van der Waals surface area contributed by atoms with Gasteiger partial charge in [0.2, 0.25) is 16.0 Å². The van der Waals surface area contributed by atoms with Crippen molar-refractivity contribution in [1.82, 2.24) is 14.9 Å². The number of hydrogen-bond acceptors (Lipinski definition) is 7. The van der Waals surface area contributed by atoms with Gasteiger partial charge in [0.25, 0.3) is 0 Å². The number of anilines is 5. The predicted octanol–water partition coefficient (Wildman–Crippen LogP) is 5.99. The van der Waals surface area contributed by atoms with Gasteiger partial charge >= 0.3 is 0 Å². The van der Waals surface area contributed by atoms with E-state index in [1.165, 1.54) is 28.7 Å². The van der Waals surface area contributed by atoms with Crippen molar-refractivity contribution in [2.24, 2.45) is 0 Å². The summed E-state index contributed by atoms with van der Waals surface area (Å²) in [7, 11) is -1.73. The number of fused-ring (bicyclic) bond motifs is 1. The molecule has 0 spiro atoms. The van der Waals surface area contributed by atoms with E-state index in [1.54, 1.807) is 33.8 Å².